The summed E-state index contributed by atoms with van der Waals surface area (Å²) in [7, 11) is 1.60. The molecule has 158 valence electrons. The molecule has 29 heavy (non-hydrogen) atoms. The van der Waals surface area contributed by atoms with Crippen molar-refractivity contribution in [2.75, 3.05) is 13.6 Å². The number of halogens is 4. The summed E-state index contributed by atoms with van der Waals surface area (Å²) in [6.07, 6.45) is -2.68. The van der Waals surface area contributed by atoms with Crippen molar-refractivity contribution in [3.63, 3.8) is 0 Å². The van der Waals surface area contributed by atoms with E-state index in [4.69, 9.17) is 4.42 Å². The first-order valence-corrected chi connectivity index (χ1v) is 8.65. The van der Waals surface area contributed by atoms with Gasteiger partial charge in [0, 0.05) is 18.0 Å². The van der Waals surface area contributed by atoms with E-state index in [2.05, 4.69) is 32.5 Å². The summed E-state index contributed by atoms with van der Waals surface area (Å²) in [5, 5.41) is 6.01. The molecule has 1 aromatic heterocycles. The minimum Gasteiger partial charge on any atom is -0.443 e. The van der Waals surface area contributed by atoms with Crippen LogP contribution < -0.4 is 10.6 Å². The second-order valence-electron chi connectivity index (χ2n) is 7.03. The lowest BCUT2D eigenvalue weighted by atomic mass is 9.94. The van der Waals surface area contributed by atoms with Crippen molar-refractivity contribution >= 4 is 29.9 Å². The Bertz CT molecular complexity index is 889. The van der Waals surface area contributed by atoms with E-state index in [9.17, 15) is 13.2 Å². The van der Waals surface area contributed by atoms with Gasteiger partial charge in [-0.3, -0.25) is 4.99 Å². The van der Waals surface area contributed by atoms with Gasteiger partial charge >= 0.3 is 6.18 Å². The highest BCUT2D eigenvalue weighted by Gasteiger charge is 2.30. The van der Waals surface area contributed by atoms with Crippen molar-refractivity contribution in [3.05, 3.63) is 53.2 Å². The molecule has 2 N–H and O–H groups in total. The first kappa shape index (κ1) is 24.8. The van der Waals surface area contributed by atoms with E-state index in [1.54, 1.807) is 13.2 Å². The summed E-state index contributed by atoms with van der Waals surface area (Å²) < 4.78 is 43.8. The highest BCUT2D eigenvalue weighted by molar-refractivity contribution is 14.0. The Hall–Kier alpha value is -2.22. The number of hydrogen-bond acceptors (Lipinski definition) is 3. The van der Waals surface area contributed by atoms with Crippen LogP contribution in [-0.2, 0) is 18.1 Å². The smallest absolute Gasteiger partial charge is 0.416 e. The Labute approximate surface area is 185 Å². The number of oxazole rings is 1. The van der Waals surface area contributed by atoms with Crippen molar-refractivity contribution in [2.45, 2.75) is 38.9 Å². The molecule has 0 saturated heterocycles. The summed E-state index contributed by atoms with van der Waals surface area (Å²) >= 11 is 0. The normalized spacial score (nSPS) is 11.9. The molecular formula is C20H24F3IN4O. The molecule has 1 heterocycles. The Morgan fingerprint density at radius 3 is 2.52 bits per heavy atom. The first-order chi connectivity index (χ1) is 13.1. The van der Waals surface area contributed by atoms with Crippen molar-refractivity contribution < 1.29 is 17.6 Å². The Kier molecular flexibility index (Phi) is 9.01. The molecule has 0 unspecified atom stereocenters. The van der Waals surface area contributed by atoms with Gasteiger partial charge in [-0.15, -0.1) is 24.0 Å². The molecule has 0 amide bonds. The maximum atomic E-state index is 12.7. The van der Waals surface area contributed by atoms with Crippen molar-refractivity contribution in [1.29, 1.82) is 0 Å². The quantitative estimate of drug-likeness (QED) is 0.274. The summed E-state index contributed by atoms with van der Waals surface area (Å²) in [5.41, 5.74) is -0.538. The molecule has 0 aliphatic heterocycles. The number of alkyl halides is 3. The lowest BCUT2D eigenvalue weighted by molar-refractivity contribution is -0.137. The summed E-state index contributed by atoms with van der Waals surface area (Å²) in [6, 6.07) is 4.91. The van der Waals surface area contributed by atoms with E-state index >= 15 is 0 Å². The van der Waals surface area contributed by atoms with Crippen LogP contribution in [0.1, 0.15) is 43.5 Å². The summed E-state index contributed by atoms with van der Waals surface area (Å²) in [5.74, 6) is 7.29. The van der Waals surface area contributed by atoms with Crippen molar-refractivity contribution in [3.8, 4) is 11.8 Å². The number of benzene rings is 1. The molecule has 2 rings (SSSR count). The predicted molar refractivity (Wildman–Crippen MR) is 117 cm³/mol. The molecule has 2 aromatic rings. The third kappa shape index (κ3) is 7.97. The van der Waals surface area contributed by atoms with Crippen molar-refractivity contribution in [1.82, 2.24) is 15.6 Å². The number of hydrogen-bond donors (Lipinski definition) is 2. The second kappa shape index (κ2) is 10.5. The molecule has 0 saturated carbocycles. The van der Waals surface area contributed by atoms with Gasteiger partial charge in [-0.05, 0) is 18.2 Å². The number of nitrogens with zero attached hydrogens (tertiary/aromatic N) is 2. The van der Waals surface area contributed by atoms with E-state index in [1.165, 1.54) is 12.1 Å². The van der Waals surface area contributed by atoms with Gasteiger partial charge in [0.2, 0.25) is 5.89 Å². The third-order valence-corrected chi connectivity index (χ3v) is 3.69. The number of rotatable bonds is 3. The molecule has 0 bridgehead atoms. The van der Waals surface area contributed by atoms with Gasteiger partial charge < -0.3 is 15.1 Å². The van der Waals surface area contributed by atoms with Gasteiger partial charge in [-0.2, -0.15) is 13.2 Å². The SMILES string of the molecule is CN=C(NCC#Cc1cccc(C(F)(F)F)c1)NCc1ncc(C(C)(C)C)o1.I. The fourth-order valence-corrected chi connectivity index (χ4v) is 2.17. The molecule has 0 aliphatic rings. The van der Waals surface area contributed by atoms with Gasteiger partial charge in [-0.25, -0.2) is 4.98 Å². The first-order valence-electron chi connectivity index (χ1n) is 8.65. The van der Waals surface area contributed by atoms with E-state index in [0.29, 0.717) is 24.0 Å². The average Bonchev–Trinajstić information content (AvgIpc) is 3.10. The van der Waals surface area contributed by atoms with E-state index < -0.39 is 11.7 Å². The highest BCUT2D eigenvalue weighted by Crippen LogP contribution is 2.29. The molecule has 0 aliphatic carbocycles. The van der Waals surface area contributed by atoms with E-state index in [-0.39, 0.29) is 35.9 Å². The lowest BCUT2D eigenvalue weighted by Gasteiger charge is -2.13. The molecule has 0 fully saturated rings. The Balaban J connectivity index is 0.00000420. The van der Waals surface area contributed by atoms with Crippen molar-refractivity contribution in [2.24, 2.45) is 4.99 Å². The van der Waals surface area contributed by atoms with Crippen LogP contribution in [0.5, 0.6) is 0 Å². The monoisotopic (exact) mass is 520 g/mol. The number of guanidine groups is 1. The van der Waals surface area contributed by atoms with Crippen LogP contribution in [0.15, 0.2) is 39.9 Å². The zero-order valence-electron chi connectivity index (χ0n) is 16.6. The standard InChI is InChI=1S/C20H23F3N4O.HI/c1-19(2,3)16-12-26-17(28-16)13-27-18(24-4)25-10-6-8-14-7-5-9-15(11-14)20(21,22)23;/h5,7,9,11-12H,10,13H2,1-4H3,(H2,24,25,27);1H. The van der Waals surface area contributed by atoms with Crippen LogP contribution in [0.3, 0.4) is 0 Å². The molecule has 0 atom stereocenters. The topological polar surface area (TPSA) is 62.5 Å². The molecule has 5 nitrogen and oxygen atoms in total. The molecule has 9 heteroatoms. The van der Waals surface area contributed by atoms with E-state index in [0.717, 1.165) is 17.9 Å². The van der Waals surface area contributed by atoms with E-state index in [1.807, 2.05) is 20.8 Å². The predicted octanol–water partition coefficient (Wildman–Crippen LogP) is 4.33. The Morgan fingerprint density at radius 1 is 1.21 bits per heavy atom. The zero-order chi connectivity index (χ0) is 20.8. The average molecular weight is 520 g/mol. The van der Waals surface area contributed by atoms with Gasteiger partial charge in [0.05, 0.1) is 24.8 Å². The minimum absolute atomic E-state index is 0. The zero-order valence-corrected chi connectivity index (χ0v) is 19.0. The van der Waals surface area contributed by atoms with Crippen LogP contribution >= 0.6 is 24.0 Å². The van der Waals surface area contributed by atoms with Gasteiger partial charge in [-0.1, -0.05) is 38.7 Å². The molecule has 0 radical (unpaired) electrons. The maximum Gasteiger partial charge on any atom is 0.416 e. The largest absolute Gasteiger partial charge is 0.443 e. The summed E-state index contributed by atoms with van der Waals surface area (Å²) in [6.45, 7) is 6.67. The fraction of sp³-hybridized carbons (Fsp3) is 0.400. The fourth-order valence-electron chi connectivity index (χ4n) is 2.17. The maximum absolute atomic E-state index is 12.7. The van der Waals surface area contributed by atoms with Gasteiger partial charge in [0.1, 0.15) is 5.76 Å². The van der Waals surface area contributed by atoms with Crippen LogP contribution in [0.4, 0.5) is 13.2 Å². The number of aliphatic imine (C=N–C) groups is 1. The van der Waals surface area contributed by atoms with Crippen LogP contribution in [-0.4, -0.2) is 24.5 Å². The number of aromatic nitrogens is 1. The molecule has 0 spiro atoms. The molecule has 1 aromatic carbocycles. The number of nitrogens with one attached hydrogen (secondary N) is 2. The lowest BCUT2D eigenvalue weighted by Crippen LogP contribution is -2.37. The van der Waals surface area contributed by atoms with Gasteiger partial charge in [0.15, 0.2) is 5.96 Å². The molecular weight excluding hydrogens is 496 g/mol. The third-order valence-electron chi connectivity index (χ3n) is 3.69. The van der Waals surface area contributed by atoms with Crippen LogP contribution in [0.2, 0.25) is 0 Å². The minimum atomic E-state index is -4.38. The van der Waals surface area contributed by atoms with Crippen LogP contribution in [0.25, 0.3) is 0 Å². The Morgan fingerprint density at radius 2 is 1.93 bits per heavy atom. The summed E-state index contributed by atoms with van der Waals surface area (Å²) in [4.78, 5) is 8.28. The highest BCUT2D eigenvalue weighted by atomic mass is 127. The second-order valence-corrected chi connectivity index (χ2v) is 7.03. The van der Waals surface area contributed by atoms with Crippen LogP contribution in [0, 0.1) is 11.8 Å². The van der Waals surface area contributed by atoms with Gasteiger partial charge in [0.25, 0.3) is 0 Å².